The SMILES string of the molecule is Cc1ccc(CN2C(=O)c3[nH]nc(-c4c(C)cc(C)cc4O)c3C2c2cccc(Oc3ccccc3)c2)cc1. The highest BCUT2D eigenvalue weighted by Gasteiger charge is 2.43. The molecule has 39 heavy (non-hydrogen) atoms. The first kappa shape index (κ1) is 24.5. The van der Waals surface area contributed by atoms with E-state index in [9.17, 15) is 9.90 Å². The zero-order valence-corrected chi connectivity index (χ0v) is 22.1. The Morgan fingerprint density at radius 2 is 1.62 bits per heavy atom. The highest BCUT2D eigenvalue weighted by molar-refractivity contribution is 6.00. The molecular weight excluding hydrogens is 486 g/mol. The van der Waals surface area contributed by atoms with E-state index >= 15 is 0 Å². The van der Waals surface area contributed by atoms with E-state index in [0.29, 0.717) is 29.2 Å². The number of aromatic amines is 1. The molecule has 194 valence electrons. The lowest BCUT2D eigenvalue weighted by Gasteiger charge is -2.27. The quantitative estimate of drug-likeness (QED) is 0.250. The summed E-state index contributed by atoms with van der Waals surface area (Å²) in [6.07, 6.45) is 0. The summed E-state index contributed by atoms with van der Waals surface area (Å²) in [5.74, 6) is 1.42. The molecule has 6 heteroatoms. The number of aromatic nitrogens is 2. The maximum absolute atomic E-state index is 13.9. The van der Waals surface area contributed by atoms with Crippen LogP contribution in [0.15, 0.2) is 91.0 Å². The zero-order chi connectivity index (χ0) is 27.1. The Balaban J connectivity index is 1.48. The monoisotopic (exact) mass is 515 g/mol. The first-order valence-electron chi connectivity index (χ1n) is 13.0. The Morgan fingerprint density at radius 1 is 0.872 bits per heavy atom. The summed E-state index contributed by atoms with van der Waals surface area (Å²) in [6, 6.07) is 29.0. The van der Waals surface area contributed by atoms with Crippen LogP contribution in [0, 0.1) is 20.8 Å². The first-order valence-corrected chi connectivity index (χ1v) is 13.0. The molecule has 0 fully saturated rings. The fraction of sp³-hybridized carbons (Fsp3) is 0.152. The van der Waals surface area contributed by atoms with Gasteiger partial charge in [0, 0.05) is 17.7 Å². The van der Waals surface area contributed by atoms with Crippen molar-refractivity contribution in [1.82, 2.24) is 15.1 Å². The van der Waals surface area contributed by atoms with Crippen LogP contribution in [0.1, 0.15) is 49.9 Å². The number of benzene rings is 4. The summed E-state index contributed by atoms with van der Waals surface area (Å²) < 4.78 is 6.14. The van der Waals surface area contributed by atoms with Gasteiger partial charge >= 0.3 is 0 Å². The van der Waals surface area contributed by atoms with Gasteiger partial charge in [0.15, 0.2) is 0 Å². The molecule has 6 rings (SSSR count). The average molecular weight is 516 g/mol. The second kappa shape index (κ2) is 9.80. The smallest absolute Gasteiger partial charge is 0.273 e. The molecule has 1 aliphatic rings. The number of rotatable bonds is 6. The third-order valence-corrected chi connectivity index (χ3v) is 7.19. The Kier molecular flexibility index (Phi) is 6.15. The van der Waals surface area contributed by atoms with Crippen LogP contribution < -0.4 is 4.74 Å². The second-order valence-corrected chi connectivity index (χ2v) is 10.1. The molecule has 6 nitrogen and oxygen atoms in total. The van der Waals surface area contributed by atoms with Gasteiger partial charge in [0.05, 0.1) is 6.04 Å². The summed E-state index contributed by atoms with van der Waals surface area (Å²) >= 11 is 0. The van der Waals surface area contributed by atoms with Gasteiger partial charge in [0.1, 0.15) is 28.6 Å². The van der Waals surface area contributed by atoms with E-state index < -0.39 is 6.04 Å². The molecule has 1 amide bonds. The molecule has 4 aromatic carbocycles. The van der Waals surface area contributed by atoms with Crippen molar-refractivity contribution in [3.05, 3.63) is 130 Å². The number of hydrogen-bond donors (Lipinski definition) is 2. The summed E-state index contributed by atoms with van der Waals surface area (Å²) in [7, 11) is 0. The number of hydrogen-bond acceptors (Lipinski definition) is 4. The molecule has 0 saturated heterocycles. The predicted molar refractivity (Wildman–Crippen MR) is 151 cm³/mol. The van der Waals surface area contributed by atoms with E-state index in [1.54, 1.807) is 6.07 Å². The maximum Gasteiger partial charge on any atom is 0.273 e. The average Bonchev–Trinajstić information content (AvgIpc) is 3.44. The van der Waals surface area contributed by atoms with Crippen molar-refractivity contribution in [3.63, 3.8) is 0 Å². The van der Waals surface area contributed by atoms with Crippen molar-refractivity contribution >= 4 is 5.91 Å². The highest BCUT2D eigenvalue weighted by Crippen LogP contribution is 2.46. The molecular formula is C33H29N3O3. The van der Waals surface area contributed by atoms with Crippen LogP contribution in [0.5, 0.6) is 17.2 Å². The minimum Gasteiger partial charge on any atom is -0.507 e. The number of aryl methyl sites for hydroxylation is 3. The maximum atomic E-state index is 13.9. The van der Waals surface area contributed by atoms with Crippen molar-refractivity contribution in [3.8, 4) is 28.5 Å². The molecule has 2 N–H and O–H groups in total. The number of ether oxygens (including phenoxy) is 1. The number of phenolic OH excluding ortho intramolecular Hbond substituents is 1. The van der Waals surface area contributed by atoms with Crippen LogP contribution in [0.25, 0.3) is 11.3 Å². The van der Waals surface area contributed by atoms with Gasteiger partial charge in [0.25, 0.3) is 5.91 Å². The second-order valence-electron chi connectivity index (χ2n) is 10.1. The molecule has 0 radical (unpaired) electrons. The van der Waals surface area contributed by atoms with Crippen molar-refractivity contribution in [2.24, 2.45) is 0 Å². The molecule has 0 bridgehead atoms. The lowest BCUT2D eigenvalue weighted by atomic mass is 9.93. The summed E-state index contributed by atoms with van der Waals surface area (Å²) in [4.78, 5) is 15.7. The first-order chi connectivity index (χ1) is 18.9. The number of carbonyl (C=O) groups is 1. The number of para-hydroxylation sites is 1. The standard InChI is InChI=1S/C33H29N3O3/c1-20-12-14-23(15-13-20)19-36-32(24-8-7-11-26(18-24)39-25-9-5-4-6-10-25)29-30(34-35-31(29)33(36)38)28-22(3)16-21(2)17-27(28)37/h4-18,32,37H,19H2,1-3H3,(H,34,35). The number of nitrogens with one attached hydrogen (secondary N) is 1. The minimum atomic E-state index is -0.429. The molecule has 1 unspecified atom stereocenters. The van der Waals surface area contributed by atoms with E-state index in [2.05, 4.69) is 34.5 Å². The van der Waals surface area contributed by atoms with E-state index in [-0.39, 0.29) is 11.7 Å². The summed E-state index contributed by atoms with van der Waals surface area (Å²) in [5.41, 5.74) is 7.35. The van der Waals surface area contributed by atoms with E-state index in [1.165, 1.54) is 0 Å². The van der Waals surface area contributed by atoms with Crippen LogP contribution in [0.3, 0.4) is 0 Å². The molecule has 1 aliphatic heterocycles. The largest absolute Gasteiger partial charge is 0.507 e. The lowest BCUT2D eigenvalue weighted by molar-refractivity contribution is 0.0730. The van der Waals surface area contributed by atoms with Gasteiger partial charge in [-0.2, -0.15) is 5.10 Å². The highest BCUT2D eigenvalue weighted by atomic mass is 16.5. The van der Waals surface area contributed by atoms with E-state index in [0.717, 1.165) is 39.1 Å². The van der Waals surface area contributed by atoms with Gasteiger partial charge in [-0.25, -0.2) is 0 Å². The predicted octanol–water partition coefficient (Wildman–Crippen LogP) is 7.25. The summed E-state index contributed by atoms with van der Waals surface area (Å²) in [6.45, 7) is 6.37. The zero-order valence-electron chi connectivity index (χ0n) is 22.1. The molecule has 1 aromatic heterocycles. The van der Waals surface area contributed by atoms with Crippen LogP contribution in [0.4, 0.5) is 0 Å². The Hall–Kier alpha value is -4.84. The fourth-order valence-electron chi connectivity index (χ4n) is 5.41. The van der Waals surface area contributed by atoms with Crippen molar-refractivity contribution in [2.45, 2.75) is 33.4 Å². The molecule has 0 saturated carbocycles. The van der Waals surface area contributed by atoms with E-state index in [1.807, 2.05) is 86.3 Å². The van der Waals surface area contributed by atoms with Gasteiger partial charge in [-0.05, 0) is 73.4 Å². The normalized spacial score (nSPS) is 14.5. The topological polar surface area (TPSA) is 78.5 Å². The number of amides is 1. The van der Waals surface area contributed by atoms with Crippen LogP contribution >= 0.6 is 0 Å². The molecule has 0 spiro atoms. The number of phenols is 1. The Morgan fingerprint density at radius 3 is 2.36 bits per heavy atom. The van der Waals surface area contributed by atoms with Crippen LogP contribution in [-0.4, -0.2) is 26.1 Å². The van der Waals surface area contributed by atoms with Gasteiger partial charge in [0.2, 0.25) is 0 Å². The number of H-pyrrole nitrogens is 1. The number of nitrogens with zero attached hydrogens (tertiary/aromatic N) is 2. The Bertz CT molecular complexity index is 1650. The third-order valence-electron chi connectivity index (χ3n) is 7.19. The van der Waals surface area contributed by atoms with Crippen molar-refractivity contribution in [1.29, 1.82) is 0 Å². The fourth-order valence-corrected chi connectivity index (χ4v) is 5.41. The van der Waals surface area contributed by atoms with Crippen LogP contribution in [-0.2, 0) is 6.54 Å². The van der Waals surface area contributed by atoms with E-state index in [4.69, 9.17) is 4.74 Å². The molecule has 1 atom stereocenters. The Labute approximate surface area is 227 Å². The minimum absolute atomic E-state index is 0.132. The molecule has 5 aromatic rings. The third kappa shape index (κ3) is 4.55. The van der Waals surface area contributed by atoms with Gasteiger partial charge in [-0.3, -0.25) is 9.89 Å². The van der Waals surface area contributed by atoms with Crippen molar-refractivity contribution in [2.75, 3.05) is 0 Å². The molecule has 2 heterocycles. The van der Waals surface area contributed by atoms with Crippen LogP contribution in [0.2, 0.25) is 0 Å². The van der Waals surface area contributed by atoms with Crippen molar-refractivity contribution < 1.29 is 14.6 Å². The number of fused-ring (bicyclic) bond motifs is 1. The van der Waals surface area contributed by atoms with Gasteiger partial charge < -0.3 is 14.7 Å². The van der Waals surface area contributed by atoms with Gasteiger partial charge in [-0.1, -0.05) is 66.2 Å². The number of carbonyl (C=O) groups excluding carboxylic acids is 1. The molecule has 0 aliphatic carbocycles. The lowest BCUT2D eigenvalue weighted by Crippen LogP contribution is -2.29. The summed E-state index contributed by atoms with van der Waals surface area (Å²) in [5, 5.41) is 18.5. The number of aromatic hydroxyl groups is 1. The van der Waals surface area contributed by atoms with Gasteiger partial charge in [-0.15, -0.1) is 0 Å².